The molecule has 0 saturated carbocycles. The van der Waals surface area contributed by atoms with Crippen LogP contribution < -0.4 is 0 Å². The van der Waals surface area contributed by atoms with Crippen LogP contribution in [0.4, 0.5) is 8.78 Å². The normalized spacial score (nSPS) is 17.5. The second-order valence-electron chi connectivity index (χ2n) is 10.4. The Morgan fingerprint density at radius 3 is 2.35 bits per heavy atom. The Hall–Kier alpha value is -3.83. The smallest absolute Gasteiger partial charge is 0.179 e. The Morgan fingerprint density at radius 1 is 0.919 bits per heavy atom. The van der Waals surface area contributed by atoms with Gasteiger partial charge in [-0.2, -0.15) is 5.26 Å². The highest BCUT2D eigenvalue weighted by molar-refractivity contribution is 5.94. The van der Waals surface area contributed by atoms with Crippen molar-refractivity contribution in [3.05, 3.63) is 72.1 Å². The first-order valence-corrected chi connectivity index (χ1v) is 12.8. The maximum atomic E-state index is 13.8. The molecule has 0 amide bonds. The monoisotopic (exact) mass is 498 g/mol. The second kappa shape index (κ2) is 9.56. The Kier molecular flexibility index (Phi) is 6.09. The first-order valence-electron chi connectivity index (χ1n) is 12.8. The zero-order valence-electron chi connectivity index (χ0n) is 20.6. The number of hydrogen-bond donors (Lipinski definition) is 1. The summed E-state index contributed by atoms with van der Waals surface area (Å²) in [4.78, 5) is 16.4. The number of halogens is 2. The molecule has 1 N–H and O–H groups in total. The summed E-state index contributed by atoms with van der Waals surface area (Å²) in [6.45, 7) is 5.08. The predicted octanol–water partition coefficient (Wildman–Crippen LogP) is 5.38. The van der Waals surface area contributed by atoms with E-state index in [9.17, 15) is 14.0 Å². The molecule has 2 aliphatic rings. The van der Waals surface area contributed by atoms with Gasteiger partial charge in [0, 0.05) is 42.3 Å². The average molecular weight is 499 g/mol. The van der Waals surface area contributed by atoms with Gasteiger partial charge in [0.25, 0.3) is 0 Å². The fourth-order valence-corrected chi connectivity index (χ4v) is 5.83. The summed E-state index contributed by atoms with van der Waals surface area (Å²) in [6.07, 6.45) is 8.21. The van der Waals surface area contributed by atoms with Crippen LogP contribution in [-0.2, 0) is 6.42 Å². The van der Waals surface area contributed by atoms with Crippen LogP contribution >= 0.6 is 0 Å². The van der Waals surface area contributed by atoms with Gasteiger partial charge in [0.15, 0.2) is 6.19 Å². The van der Waals surface area contributed by atoms with E-state index in [1.165, 1.54) is 36.9 Å². The number of piperidine rings is 1. The number of nitriles is 1. The molecular formula is C29H28F2N6. The van der Waals surface area contributed by atoms with E-state index in [4.69, 9.17) is 0 Å². The predicted molar refractivity (Wildman–Crippen MR) is 138 cm³/mol. The summed E-state index contributed by atoms with van der Waals surface area (Å²) in [5.74, 6) is -1.28. The largest absolute Gasteiger partial charge is 0.339 e. The third kappa shape index (κ3) is 4.79. The van der Waals surface area contributed by atoms with Crippen molar-refractivity contribution in [2.24, 2.45) is 5.41 Å². The molecule has 2 aromatic carbocycles. The minimum atomic E-state index is -0.638. The molecule has 0 radical (unpaired) electrons. The molecule has 4 heterocycles. The van der Waals surface area contributed by atoms with Crippen LogP contribution in [0, 0.1) is 28.5 Å². The van der Waals surface area contributed by atoms with E-state index >= 15 is 0 Å². The number of likely N-dealkylation sites (tertiary alicyclic amines) is 2. The number of hydrogen-bond acceptors (Lipinski definition) is 5. The zero-order chi connectivity index (χ0) is 25.4. The van der Waals surface area contributed by atoms with E-state index in [1.807, 2.05) is 11.0 Å². The van der Waals surface area contributed by atoms with Crippen LogP contribution in [0.15, 0.2) is 54.9 Å². The summed E-state index contributed by atoms with van der Waals surface area (Å²) in [5, 5.41) is 9.90. The van der Waals surface area contributed by atoms with E-state index in [0.29, 0.717) is 22.3 Å². The summed E-state index contributed by atoms with van der Waals surface area (Å²) in [6, 6.07) is 13.8. The maximum absolute atomic E-state index is 13.8. The Morgan fingerprint density at radius 2 is 1.65 bits per heavy atom. The number of fused-ring (bicyclic) bond motifs is 1. The van der Waals surface area contributed by atoms with E-state index in [1.54, 1.807) is 0 Å². The molecule has 37 heavy (non-hydrogen) atoms. The van der Waals surface area contributed by atoms with Gasteiger partial charge in [-0.15, -0.1) is 0 Å². The number of aromatic amines is 1. The summed E-state index contributed by atoms with van der Waals surface area (Å²) >= 11 is 0. The highest BCUT2D eigenvalue weighted by atomic mass is 19.1. The first kappa shape index (κ1) is 23.6. The molecule has 2 aliphatic heterocycles. The van der Waals surface area contributed by atoms with Gasteiger partial charge in [0.1, 0.15) is 23.6 Å². The van der Waals surface area contributed by atoms with Crippen molar-refractivity contribution < 1.29 is 8.78 Å². The van der Waals surface area contributed by atoms with Gasteiger partial charge < -0.3 is 14.8 Å². The molecule has 0 unspecified atom stereocenters. The minimum Gasteiger partial charge on any atom is -0.339 e. The number of nitrogens with one attached hydrogen (secondary N) is 1. The molecule has 2 fully saturated rings. The molecule has 6 nitrogen and oxygen atoms in total. The lowest BCUT2D eigenvalue weighted by molar-refractivity contribution is 0.114. The van der Waals surface area contributed by atoms with Gasteiger partial charge in [-0.25, -0.2) is 18.7 Å². The van der Waals surface area contributed by atoms with Crippen molar-refractivity contribution in [2.75, 3.05) is 32.7 Å². The molecule has 2 saturated heterocycles. The third-order valence-electron chi connectivity index (χ3n) is 8.04. The molecule has 1 spiro atoms. The van der Waals surface area contributed by atoms with Crippen molar-refractivity contribution >= 4 is 11.0 Å². The standard InChI is InChI=1S/C29H28F2N6/c30-23-13-22(14-24(31)15-23)27-25-16-26(35-28(25)34-19-33-27)21-3-1-20(2-4-21)5-9-36-10-6-29(7-11-36)8-12-37(17-29)18-32/h1-4,13-16,19H,5-12,17H2,(H,33,34,35). The second-order valence-corrected chi connectivity index (χ2v) is 10.4. The molecule has 2 aromatic heterocycles. The fraction of sp³-hybridized carbons (Fsp3) is 0.345. The summed E-state index contributed by atoms with van der Waals surface area (Å²) < 4.78 is 27.6. The molecule has 0 bridgehead atoms. The van der Waals surface area contributed by atoms with E-state index in [0.717, 1.165) is 68.3 Å². The van der Waals surface area contributed by atoms with Crippen molar-refractivity contribution in [1.29, 1.82) is 5.26 Å². The highest BCUT2D eigenvalue weighted by Gasteiger charge is 2.40. The van der Waals surface area contributed by atoms with Crippen molar-refractivity contribution in [3.63, 3.8) is 0 Å². The number of H-pyrrole nitrogens is 1. The molecule has 188 valence electrons. The van der Waals surface area contributed by atoms with Crippen LogP contribution in [0.25, 0.3) is 33.5 Å². The van der Waals surface area contributed by atoms with Crippen LogP contribution in [0.2, 0.25) is 0 Å². The Labute approximate surface area is 214 Å². The topological polar surface area (TPSA) is 71.8 Å². The van der Waals surface area contributed by atoms with Gasteiger partial charge in [0.2, 0.25) is 0 Å². The van der Waals surface area contributed by atoms with E-state index in [-0.39, 0.29) is 0 Å². The van der Waals surface area contributed by atoms with Crippen LogP contribution in [-0.4, -0.2) is 57.5 Å². The highest BCUT2D eigenvalue weighted by Crippen LogP contribution is 2.40. The number of nitrogens with zero attached hydrogens (tertiary/aromatic N) is 5. The van der Waals surface area contributed by atoms with Gasteiger partial charge in [-0.3, -0.25) is 0 Å². The maximum Gasteiger partial charge on any atom is 0.179 e. The van der Waals surface area contributed by atoms with Gasteiger partial charge in [-0.1, -0.05) is 24.3 Å². The summed E-state index contributed by atoms with van der Waals surface area (Å²) in [7, 11) is 0. The van der Waals surface area contributed by atoms with Crippen LogP contribution in [0.3, 0.4) is 0 Å². The lowest BCUT2D eigenvalue weighted by Crippen LogP contribution is -2.42. The molecule has 0 atom stereocenters. The van der Waals surface area contributed by atoms with Crippen LogP contribution in [0.5, 0.6) is 0 Å². The molecule has 0 aliphatic carbocycles. The van der Waals surface area contributed by atoms with Crippen LogP contribution in [0.1, 0.15) is 24.8 Å². The average Bonchev–Trinajstić information content (AvgIpc) is 3.52. The van der Waals surface area contributed by atoms with Crippen molar-refractivity contribution in [1.82, 2.24) is 24.8 Å². The molecular weight excluding hydrogens is 470 g/mol. The Balaban J connectivity index is 1.12. The van der Waals surface area contributed by atoms with E-state index < -0.39 is 11.6 Å². The lowest BCUT2D eigenvalue weighted by Gasteiger charge is -2.39. The molecule has 6 rings (SSSR count). The zero-order valence-corrected chi connectivity index (χ0v) is 20.6. The molecule has 4 aromatic rings. The lowest BCUT2D eigenvalue weighted by atomic mass is 9.78. The van der Waals surface area contributed by atoms with Crippen molar-refractivity contribution in [3.8, 4) is 28.7 Å². The van der Waals surface area contributed by atoms with Gasteiger partial charge in [0.05, 0.1) is 5.69 Å². The summed E-state index contributed by atoms with van der Waals surface area (Å²) in [5.41, 5.74) is 5.02. The van der Waals surface area contributed by atoms with Gasteiger partial charge in [-0.05, 0) is 73.5 Å². The fourth-order valence-electron chi connectivity index (χ4n) is 5.83. The minimum absolute atomic E-state index is 0.348. The van der Waals surface area contributed by atoms with Crippen molar-refractivity contribution in [2.45, 2.75) is 25.7 Å². The Bertz CT molecular complexity index is 1440. The number of aromatic nitrogens is 3. The quantitative estimate of drug-likeness (QED) is 0.374. The molecule has 8 heteroatoms. The first-order chi connectivity index (χ1) is 18.0. The number of rotatable bonds is 5. The number of benzene rings is 2. The van der Waals surface area contributed by atoms with Gasteiger partial charge >= 0.3 is 0 Å². The van der Waals surface area contributed by atoms with E-state index in [2.05, 4.69) is 50.3 Å². The third-order valence-corrected chi connectivity index (χ3v) is 8.04. The SMILES string of the molecule is N#CN1CCC2(CCN(CCc3ccc(-c4cc5c(-c6cc(F)cc(F)c6)ncnc5[nH]4)cc3)CC2)C1.